The Bertz CT molecular complexity index is 318. The molecule has 0 bridgehead atoms. The fourth-order valence-electron chi connectivity index (χ4n) is 2.01. The van der Waals surface area contributed by atoms with Gasteiger partial charge in [-0.05, 0) is 38.1 Å². The van der Waals surface area contributed by atoms with Crippen molar-refractivity contribution in [2.75, 3.05) is 26.7 Å². The summed E-state index contributed by atoms with van der Waals surface area (Å²) >= 11 is 0. The highest BCUT2D eigenvalue weighted by molar-refractivity contribution is 5.24. The molecule has 1 aromatic rings. The molecular weight excluding hydrogens is 220 g/mol. The van der Waals surface area contributed by atoms with E-state index in [0.717, 1.165) is 19.6 Å². The molecule has 0 aliphatic heterocycles. The van der Waals surface area contributed by atoms with E-state index in [1.165, 1.54) is 24.0 Å². The van der Waals surface area contributed by atoms with Crippen molar-refractivity contribution in [1.82, 2.24) is 10.2 Å². The van der Waals surface area contributed by atoms with Crippen LogP contribution < -0.4 is 5.32 Å². The van der Waals surface area contributed by atoms with Crippen molar-refractivity contribution in [3.05, 3.63) is 35.4 Å². The maximum atomic E-state index is 3.57. The van der Waals surface area contributed by atoms with Crippen LogP contribution in [0.25, 0.3) is 0 Å². The summed E-state index contributed by atoms with van der Waals surface area (Å²) in [4.78, 5) is 2.32. The van der Waals surface area contributed by atoms with Gasteiger partial charge in [-0.25, -0.2) is 0 Å². The van der Waals surface area contributed by atoms with Gasteiger partial charge < -0.3 is 10.2 Å². The maximum Gasteiger partial charge on any atom is 0.0292 e. The lowest BCUT2D eigenvalue weighted by Crippen LogP contribution is -2.30. The van der Waals surface area contributed by atoms with Crippen molar-refractivity contribution in [3.8, 4) is 0 Å². The first-order chi connectivity index (χ1) is 8.67. The van der Waals surface area contributed by atoms with E-state index in [9.17, 15) is 0 Å². The second kappa shape index (κ2) is 8.28. The lowest BCUT2D eigenvalue weighted by atomic mass is 10.0. The zero-order valence-electron chi connectivity index (χ0n) is 12.4. The van der Waals surface area contributed by atoms with E-state index in [0.29, 0.717) is 6.04 Å². The molecule has 1 rings (SSSR count). The molecule has 1 aromatic carbocycles. The Morgan fingerprint density at radius 2 is 1.83 bits per heavy atom. The Morgan fingerprint density at radius 1 is 1.17 bits per heavy atom. The molecule has 102 valence electrons. The van der Waals surface area contributed by atoms with Gasteiger partial charge in [0.25, 0.3) is 0 Å². The number of rotatable bonds is 8. The molecule has 2 heteroatoms. The molecule has 1 N–H and O–H groups in total. The molecule has 1 unspecified atom stereocenters. The van der Waals surface area contributed by atoms with E-state index in [1.54, 1.807) is 0 Å². The van der Waals surface area contributed by atoms with E-state index in [-0.39, 0.29) is 0 Å². The first-order valence-corrected chi connectivity index (χ1v) is 7.18. The van der Waals surface area contributed by atoms with Crippen LogP contribution in [0.3, 0.4) is 0 Å². The van der Waals surface area contributed by atoms with Crippen LogP contribution in [-0.4, -0.2) is 31.6 Å². The summed E-state index contributed by atoms with van der Waals surface area (Å²) in [6, 6.07) is 9.47. The Morgan fingerprint density at radius 3 is 2.39 bits per heavy atom. The van der Waals surface area contributed by atoms with Crippen LogP contribution in [0.15, 0.2) is 24.3 Å². The molecule has 0 radical (unpaired) electrons. The zero-order valence-corrected chi connectivity index (χ0v) is 12.4. The molecule has 0 amide bonds. The fourth-order valence-corrected chi connectivity index (χ4v) is 2.01. The van der Waals surface area contributed by atoms with Gasteiger partial charge >= 0.3 is 0 Å². The lowest BCUT2D eigenvalue weighted by Gasteiger charge is -2.18. The van der Waals surface area contributed by atoms with E-state index in [4.69, 9.17) is 0 Å². The third-order valence-electron chi connectivity index (χ3n) is 3.50. The van der Waals surface area contributed by atoms with Crippen molar-refractivity contribution < 1.29 is 0 Å². The number of hydrogen-bond acceptors (Lipinski definition) is 2. The molecule has 0 aliphatic rings. The summed E-state index contributed by atoms with van der Waals surface area (Å²) in [5, 5.41) is 3.57. The second-order valence-electron chi connectivity index (χ2n) is 5.06. The molecule has 0 saturated carbocycles. The van der Waals surface area contributed by atoms with Crippen molar-refractivity contribution in [1.29, 1.82) is 0 Å². The summed E-state index contributed by atoms with van der Waals surface area (Å²) in [7, 11) is 2.16. The predicted molar refractivity (Wildman–Crippen MR) is 80.0 cm³/mol. The van der Waals surface area contributed by atoms with E-state index in [1.807, 2.05) is 0 Å². The van der Waals surface area contributed by atoms with E-state index >= 15 is 0 Å². The highest BCUT2D eigenvalue weighted by atomic mass is 15.1. The van der Waals surface area contributed by atoms with Crippen molar-refractivity contribution in [2.24, 2.45) is 0 Å². The normalized spacial score (nSPS) is 12.9. The van der Waals surface area contributed by atoms with Crippen LogP contribution in [0, 0.1) is 0 Å². The van der Waals surface area contributed by atoms with Crippen LogP contribution in [0.5, 0.6) is 0 Å². The maximum absolute atomic E-state index is 3.57. The molecule has 0 spiro atoms. The monoisotopic (exact) mass is 248 g/mol. The molecule has 18 heavy (non-hydrogen) atoms. The summed E-state index contributed by atoms with van der Waals surface area (Å²) in [5.74, 6) is 0. The summed E-state index contributed by atoms with van der Waals surface area (Å²) in [6.45, 7) is 9.91. The SMILES string of the molecule is CCCc1ccc(C(C)NCCN(C)CC)cc1. The van der Waals surface area contributed by atoms with E-state index < -0.39 is 0 Å². The minimum atomic E-state index is 0.436. The van der Waals surface area contributed by atoms with Gasteiger partial charge in [-0.3, -0.25) is 0 Å². The Hall–Kier alpha value is -0.860. The van der Waals surface area contributed by atoms with Gasteiger partial charge in [0, 0.05) is 19.1 Å². The fraction of sp³-hybridized carbons (Fsp3) is 0.625. The highest BCUT2D eigenvalue weighted by Crippen LogP contribution is 2.14. The Balaban J connectivity index is 2.39. The molecule has 0 heterocycles. The minimum Gasteiger partial charge on any atom is -0.309 e. The van der Waals surface area contributed by atoms with Gasteiger partial charge in [0.2, 0.25) is 0 Å². The second-order valence-corrected chi connectivity index (χ2v) is 5.06. The van der Waals surface area contributed by atoms with Gasteiger partial charge in [-0.15, -0.1) is 0 Å². The number of likely N-dealkylation sites (N-methyl/N-ethyl adjacent to an activating group) is 1. The molecule has 0 saturated heterocycles. The number of benzene rings is 1. The van der Waals surface area contributed by atoms with Crippen LogP contribution in [0.4, 0.5) is 0 Å². The minimum absolute atomic E-state index is 0.436. The average Bonchev–Trinajstić information content (AvgIpc) is 2.39. The summed E-state index contributed by atoms with van der Waals surface area (Å²) in [6.07, 6.45) is 2.40. The van der Waals surface area contributed by atoms with Gasteiger partial charge in [-0.1, -0.05) is 44.5 Å². The van der Waals surface area contributed by atoms with Crippen molar-refractivity contribution in [3.63, 3.8) is 0 Å². The van der Waals surface area contributed by atoms with E-state index in [2.05, 4.69) is 62.3 Å². The predicted octanol–water partition coefficient (Wildman–Crippen LogP) is 3.24. The van der Waals surface area contributed by atoms with Gasteiger partial charge in [-0.2, -0.15) is 0 Å². The third-order valence-corrected chi connectivity index (χ3v) is 3.50. The van der Waals surface area contributed by atoms with Crippen molar-refractivity contribution >= 4 is 0 Å². The molecule has 2 nitrogen and oxygen atoms in total. The topological polar surface area (TPSA) is 15.3 Å². The molecule has 0 fully saturated rings. The van der Waals surface area contributed by atoms with Gasteiger partial charge in [0.05, 0.1) is 0 Å². The number of nitrogens with zero attached hydrogens (tertiary/aromatic N) is 1. The van der Waals surface area contributed by atoms with Gasteiger partial charge in [0.15, 0.2) is 0 Å². The van der Waals surface area contributed by atoms with Crippen molar-refractivity contribution in [2.45, 2.75) is 39.7 Å². The first kappa shape index (κ1) is 15.2. The summed E-state index contributed by atoms with van der Waals surface area (Å²) < 4.78 is 0. The number of nitrogens with one attached hydrogen (secondary N) is 1. The van der Waals surface area contributed by atoms with Crippen LogP contribution in [0.1, 0.15) is 44.4 Å². The largest absolute Gasteiger partial charge is 0.309 e. The first-order valence-electron chi connectivity index (χ1n) is 7.18. The van der Waals surface area contributed by atoms with Crippen LogP contribution in [-0.2, 0) is 6.42 Å². The lowest BCUT2D eigenvalue weighted by molar-refractivity contribution is 0.342. The zero-order chi connectivity index (χ0) is 13.4. The highest BCUT2D eigenvalue weighted by Gasteiger charge is 2.04. The average molecular weight is 248 g/mol. The molecule has 0 aliphatic carbocycles. The van der Waals surface area contributed by atoms with Gasteiger partial charge in [0.1, 0.15) is 0 Å². The number of hydrogen-bond donors (Lipinski definition) is 1. The molecule has 1 atom stereocenters. The standard InChI is InChI=1S/C16H28N2/c1-5-7-15-8-10-16(11-9-15)14(3)17-12-13-18(4)6-2/h8-11,14,17H,5-7,12-13H2,1-4H3. The quantitative estimate of drug-likeness (QED) is 0.760. The Labute approximate surface area is 112 Å². The smallest absolute Gasteiger partial charge is 0.0292 e. The number of aryl methyl sites for hydroxylation is 1. The molecular formula is C16H28N2. The summed E-state index contributed by atoms with van der Waals surface area (Å²) in [5.41, 5.74) is 2.83. The third kappa shape index (κ3) is 5.19. The van der Waals surface area contributed by atoms with Crippen LogP contribution in [0.2, 0.25) is 0 Å². The Kier molecular flexibility index (Phi) is 6.99. The van der Waals surface area contributed by atoms with Crippen LogP contribution >= 0.6 is 0 Å². The molecule has 0 aromatic heterocycles.